The highest BCUT2D eigenvalue weighted by molar-refractivity contribution is 7.98. The summed E-state index contributed by atoms with van der Waals surface area (Å²) >= 11 is 1.44. The van der Waals surface area contributed by atoms with E-state index in [9.17, 15) is 10.1 Å². The number of aromatic nitrogens is 1. The van der Waals surface area contributed by atoms with E-state index in [1.165, 1.54) is 11.8 Å². The summed E-state index contributed by atoms with van der Waals surface area (Å²) in [5.41, 5.74) is 8.35. The quantitative estimate of drug-likeness (QED) is 0.781. The van der Waals surface area contributed by atoms with Gasteiger partial charge in [0, 0.05) is 18.8 Å². The lowest BCUT2D eigenvalue weighted by molar-refractivity contribution is -0.120. The molecule has 0 spiro atoms. The molecule has 0 aliphatic heterocycles. The predicted octanol–water partition coefficient (Wildman–Crippen LogP) is 0.909. The molecule has 6 heteroatoms. The van der Waals surface area contributed by atoms with Crippen LogP contribution in [0.4, 0.5) is 0 Å². The Morgan fingerprint density at radius 1 is 1.53 bits per heavy atom. The number of nitrogens with zero attached hydrogens (tertiary/aromatic N) is 2. The van der Waals surface area contributed by atoms with Crippen LogP contribution < -0.4 is 11.1 Å². The molecule has 1 aromatic heterocycles. The van der Waals surface area contributed by atoms with Gasteiger partial charge in [-0.1, -0.05) is 0 Å². The largest absolute Gasteiger partial charge is 0.355 e. The van der Waals surface area contributed by atoms with Crippen molar-refractivity contribution in [3.05, 3.63) is 22.4 Å². The molecule has 1 amide bonds. The van der Waals surface area contributed by atoms with Gasteiger partial charge in [0.25, 0.3) is 0 Å². The van der Waals surface area contributed by atoms with Crippen LogP contribution in [0.1, 0.15) is 22.4 Å². The van der Waals surface area contributed by atoms with Crippen molar-refractivity contribution in [2.24, 2.45) is 5.73 Å². The smallest absolute Gasteiger partial charge is 0.224 e. The first-order valence-corrected chi connectivity index (χ1v) is 7.18. The van der Waals surface area contributed by atoms with Crippen molar-refractivity contribution in [2.75, 3.05) is 19.3 Å². The molecule has 1 heterocycles. The van der Waals surface area contributed by atoms with Gasteiger partial charge in [-0.3, -0.25) is 4.79 Å². The fourth-order valence-electron chi connectivity index (χ4n) is 1.83. The number of carbonyl (C=O) groups excluding carboxylic acids is 1. The molecule has 0 fully saturated rings. The molecular weight excluding hydrogens is 260 g/mol. The number of carbonyl (C=O) groups is 1. The van der Waals surface area contributed by atoms with Crippen LogP contribution in [-0.4, -0.2) is 30.2 Å². The van der Waals surface area contributed by atoms with Crippen LogP contribution in [-0.2, 0) is 11.2 Å². The normalized spacial score (nSPS) is 10.1. The number of nitriles is 1. The maximum absolute atomic E-state index is 11.7. The molecule has 5 nitrogen and oxygen atoms in total. The number of thioether (sulfide) groups is 1. The predicted molar refractivity (Wildman–Crippen MR) is 76.0 cm³/mol. The van der Waals surface area contributed by atoms with Gasteiger partial charge in [-0.15, -0.1) is 11.8 Å². The topological polar surface area (TPSA) is 91.8 Å². The monoisotopic (exact) mass is 278 g/mol. The zero-order valence-electron chi connectivity index (χ0n) is 11.4. The summed E-state index contributed by atoms with van der Waals surface area (Å²) in [6.45, 7) is 4.59. The van der Waals surface area contributed by atoms with Crippen LogP contribution >= 0.6 is 11.8 Å². The summed E-state index contributed by atoms with van der Waals surface area (Å²) in [5, 5.41) is 12.6. The molecule has 3 N–H and O–H groups in total. The van der Waals surface area contributed by atoms with E-state index in [1.807, 2.05) is 20.1 Å². The molecule has 1 rings (SSSR count). The van der Waals surface area contributed by atoms with Crippen molar-refractivity contribution in [3.8, 4) is 6.07 Å². The minimum Gasteiger partial charge on any atom is -0.355 e. The van der Waals surface area contributed by atoms with Gasteiger partial charge in [-0.2, -0.15) is 5.26 Å². The van der Waals surface area contributed by atoms with E-state index in [0.717, 1.165) is 16.8 Å². The molecule has 19 heavy (non-hydrogen) atoms. The van der Waals surface area contributed by atoms with Crippen LogP contribution in [0.25, 0.3) is 0 Å². The second-order valence-corrected chi connectivity index (χ2v) is 4.91. The van der Waals surface area contributed by atoms with E-state index in [1.54, 1.807) is 0 Å². The van der Waals surface area contributed by atoms with Gasteiger partial charge in [0.05, 0.1) is 12.0 Å². The molecule has 0 atom stereocenters. The van der Waals surface area contributed by atoms with Gasteiger partial charge in [-0.05, 0) is 31.2 Å². The Kier molecular flexibility index (Phi) is 5.80. The highest BCUT2D eigenvalue weighted by Crippen LogP contribution is 2.25. The van der Waals surface area contributed by atoms with E-state index < -0.39 is 0 Å². The SMILES string of the molecule is CSc1nc(C)c(CC(=O)NCCN)c(C)c1C#N. The molecule has 0 saturated carbocycles. The maximum atomic E-state index is 11.7. The van der Waals surface area contributed by atoms with Crippen molar-refractivity contribution in [1.29, 1.82) is 5.26 Å². The van der Waals surface area contributed by atoms with Crippen LogP contribution in [0, 0.1) is 25.2 Å². The van der Waals surface area contributed by atoms with E-state index in [2.05, 4.69) is 16.4 Å². The summed E-state index contributed by atoms with van der Waals surface area (Å²) in [5.74, 6) is -0.0979. The Morgan fingerprint density at radius 2 is 2.21 bits per heavy atom. The molecule has 0 aliphatic carbocycles. The summed E-state index contributed by atoms with van der Waals surface area (Å²) < 4.78 is 0. The van der Waals surface area contributed by atoms with Gasteiger partial charge in [-0.25, -0.2) is 4.98 Å². The number of nitrogens with one attached hydrogen (secondary N) is 1. The second kappa shape index (κ2) is 7.12. The van der Waals surface area contributed by atoms with Crippen molar-refractivity contribution in [2.45, 2.75) is 25.3 Å². The Balaban J connectivity index is 3.09. The van der Waals surface area contributed by atoms with E-state index in [4.69, 9.17) is 5.73 Å². The molecule has 0 aromatic carbocycles. The highest BCUT2D eigenvalue weighted by Gasteiger charge is 2.16. The number of nitrogens with two attached hydrogens (primary N) is 1. The fourth-order valence-corrected chi connectivity index (χ4v) is 2.46. The molecule has 0 aliphatic rings. The number of amides is 1. The third-order valence-electron chi connectivity index (χ3n) is 2.86. The van der Waals surface area contributed by atoms with Crippen molar-refractivity contribution in [3.63, 3.8) is 0 Å². The molecule has 0 radical (unpaired) electrons. The average Bonchev–Trinajstić information content (AvgIpc) is 2.40. The fraction of sp³-hybridized carbons (Fsp3) is 0.462. The molecule has 102 valence electrons. The number of pyridine rings is 1. The minimum absolute atomic E-state index is 0.0979. The Labute approximate surface area is 117 Å². The standard InChI is InChI=1S/C13H18N4OS/c1-8-10(6-12(18)16-5-4-14)9(2)17-13(19-3)11(8)7-15/h4-6,14H2,1-3H3,(H,16,18). The molecule has 0 saturated heterocycles. The number of aryl methyl sites for hydroxylation is 1. The van der Waals surface area contributed by atoms with Crippen LogP contribution in [0.15, 0.2) is 5.03 Å². The lowest BCUT2D eigenvalue weighted by Gasteiger charge is -2.13. The average molecular weight is 278 g/mol. The first kappa shape index (κ1) is 15.5. The maximum Gasteiger partial charge on any atom is 0.224 e. The number of rotatable bonds is 5. The first-order chi connectivity index (χ1) is 9.04. The molecule has 1 aromatic rings. The van der Waals surface area contributed by atoms with Crippen LogP contribution in [0.3, 0.4) is 0 Å². The van der Waals surface area contributed by atoms with Gasteiger partial charge < -0.3 is 11.1 Å². The van der Waals surface area contributed by atoms with Crippen molar-refractivity contribution in [1.82, 2.24) is 10.3 Å². The third-order valence-corrected chi connectivity index (χ3v) is 3.54. The highest BCUT2D eigenvalue weighted by atomic mass is 32.2. The summed E-state index contributed by atoms with van der Waals surface area (Å²) in [6.07, 6.45) is 2.11. The van der Waals surface area contributed by atoms with Gasteiger partial charge in [0.1, 0.15) is 11.1 Å². The Hall–Kier alpha value is -1.58. The first-order valence-electron chi connectivity index (χ1n) is 5.96. The van der Waals surface area contributed by atoms with E-state index in [-0.39, 0.29) is 12.3 Å². The lowest BCUT2D eigenvalue weighted by Crippen LogP contribution is -2.30. The van der Waals surface area contributed by atoms with E-state index >= 15 is 0 Å². The summed E-state index contributed by atoms with van der Waals surface area (Å²) in [4.78, 5) is 16.1. The molecule has 0 bridgehead atoms. The Bertz CT molecular complexity index is 522. The van der Waals surface area contributed by atoms with Crippen molar-refractivity contribution >= 4 is 17.7 Å². The molecule has 0 unspecified atom stereocenters. The lowest BCUT2D eigenvalue weighted by atomic mass is 10.0. The Morgan fingerprint density at radius 3 is 2.74 bits per heavy atom. The summed E-state index contributed by atoms with van der Waals surface area (Å²) in [7, 11) is 0. The summed E-state index contributed by atoms with van der Waals surface area (Å²) in [6, 6.07) is 2.16. The van der Waals surface area contributed by atoms with E-state index in [0.29, 0.717) is 23.7 Å². The van der Waals surface area contributed by atoms with Gasteiger partial charge in [0.2, 0.25) is 5.91 Å². The molecular formula is C13H18N4OS. The van der Waals surface area contributed by atoms with Crippen LogP contribution in [0.5, 0.6) is 0 Å². The van der Waals surface area contributed by atoms with Gasteiger partial charge in [0.15, 0.2) is 0 Å². The van der Waals surface area contributed by atoms with Crippen LogP contribution in [0.2, 0.25) is 0 Å². The zero-order valence-corrected chi connectivity index (χ0v) is 12.2. The minimum atomic E-state index is -0.0979. The third kappa shape index (κ3) is 3.69. The number of hydrogen-bond acceptors (Lipinski definition) is 5. The second-order valence-electron chi connectivity index (χ2n) is 4.11. The van der Waals surface area contributed by atoms with Gasteiger partial charge >= 0.3 is 0 Å². The zero-order chi connectivity index (χ0) is 14.4. The number of hydrogen-bond donors (Lipinski definition) is 2. The van der Waals surface area contributed by atoms with Crippen molar-refractivity contribution < 1.29 is 4.79 Å².